The molecule has 1 unspecified atom stereocenters. The standard InChI is InChI=1S/C28H24BrNO6/c1-4-16-5-7-17(8-6-16)24-23(25(31)19-11-14-22(35-2)21(29)15-19)26(32)27(33)30(24)20-12-9-18(10-13-20)28(34)36-3/h5-15,24,31H,4H2,1-3H3/b25-23-. The lowest BCUT2D eigenvalue weighted by atomic mass is 9.94. The van der Waals surface area contributed by atoms with Crippen molar-refractivity contribution < 1.29 is 29.0 Å². The van der Waals surface area contributed by atoms with Crippen LogP contribution in [0.15, 0.2) is 76.8 Å². The van der Waals surface area contributed by atoms with Gasteiger partial charge in [-0.25, -0.2) is 4.79 Å². The fourth-order valence-electron chi connectivity index (χ4n) is 4.20. The van der Waals surface area contributed by atoms with Crippen LogP contribution in [0.25, 0.3) is 5.76 Å². The van der Waals surface area contributed by atoms with Gasteiger partial charge in [0.15, 0.2) is 0 Å². The van der Waals surface area contributed by atoms with Crippen molar-refractivity contribution >= 4 is 45.0 Å². The molecule has 4 rings (SSSR count). The molecule has 0 saturated carbocycles. The summed E-state index contributed by atoms with van der Waals surface area (Å²) in [6, 6.07) is 17.8. The maximum atomic E-state index is 13.3. The number of esters is 1. The molecule has 8 heteroatoms. The van der Waals surface area contributed by atoms with Gasteiger partial charge < -0.3 is 14.6 Å². The van der Waals surface area contributed by atoms with Crippen molar-refractivity contribution in [2.24, 2.45) is 0 Å². The van der Waals surface area contributed by atoms with Gasteiger partial charge in [0.25, 0.3) is 11.7 Å². The zero-order valence-corrected chi connectivity index (χ0v) is 21.5. The third kappa shape index (κ3) is 4.52. The number of halogens is 1. The van der Waals surface area contributed by atoms with Crippen LogP contribution in [-0.2, 0) is 20.7 Å². The Balaban J connectivity index is 1.89. The third-order valence-corrected chi connectivity index (χ3v) is 6.76. The number of ketones is 1. The van der Waals surface area contributed by atoms with E-state index in [1.54, 1.807) is 30.3 Å². The lowest BCUT2D eigenvalue weighted by Gasteiger charge is -2.25. The fourth-order valence-corrected chi connectivity index (χ4v) is 4.74. The van der Waals surface area contributed by atoms with Gasteiger partial charge in [-0.15, -0.1) is 0 Å². The summed E-state index contributed by atoms with van der Waals surface area (Å²) in [5.41, 5.74) is 2.80. The number of aliphatic hydroxyl groups is 1. The summed E-state index contributed by atoms with van der Waals surface area (Å²) >= 11 is 3.40. The van der Waals surface area contributed by atoms with Crippen LogP contribution in [0.1, 0.15) is 40.0 Å². The van der Waals surface area contributed by atoms with Gasteiger partial charge in [-0.1, -0.05) is 31.2 Å². The molecule has 0 aromatic heterocycles. The molecule has 1 saturated heterocycles. The van der Waals surface area contributed by atoms with Crippen molar-refractivity contribution in [3.8, 4) is 5.75 Å². The summed E-state index contributed by atoms with van der Waals surface area (Å²) in [6.45, 7) is 2.03. The molecule has 0 radical (unpaired) electrons. The summed E-state index contributed by atoms with van der Waals surface area (Å²) in [4.78, 5) is 39.8. The third-order valence-electron chi connectivity index (χ3n) is 6.14. The first-order valence-electron chi connectivity index (χ1n) is 11.2. The monoisotopic (exact) mass is 549 g/mol. The second kappa shape index (κ2) is 10.4. The maximum absolute atomic E-state index is 13.3. The van der Waals surface area contributed by atoms with Gasteiger partial charge in [-0.3, -0.25) is 14.5 Å². The minimum atomic E-state index is -0.874. The number of ether oxygens (including phenoxy) is 2. The van der Waals surface area contributed by atoms with Gasteiger partial charge in [0.2, 0.25) is 0 Å². The van der Waals surface area contributed by atoms with E-state index in [2.05, 4.69) is 15.9 Å². The van der Waals surface area contributed by atoms with E-state index < -0.39 is 23.7 Å². The van der Waals surface area contributed by atoms with Crippen molar-refractivity contribution in [2.45, 2.75) is 19.4 Å². The van der Waals surface area contributed by atoms with Crippen LogP contribution in [0.2, 0.25) is 0 Å². The molecule has 36 heavy (non-hydrogen) atoms. The molecule has 184 valence electrons. The first kappa shape index (κ1) is 25.2. The molecular formula is C28H24BrNO6. The number of Topliss-reactive ketones (excluding diaryl/α,β-unsaturated/α-hetero) is 1. The topological polar surface area (TPSA) is 93.1 Å². The quantitative estimate of drug-likeness (QED) is 0.190. The largest absolute Gasteiger partial charge is 0.507 e. The SMILES string of the molecule is CCc1ccc(C2/C(=C(/O)c3ccc(OC)c(Br)c3)C(=O)C(=O)N2c2ccc(C(=O)OC)cc2)cc1. The molecule has 0 aliphatic carbocycles. The highest BCUT2D eigenvalue weighted by molar-refractivity contribution is 9.10. The predicted octanol–water partition coefficient (Wildman–Crippen LogP) is 5.43. The summed E-state index contributed by atoms with van der Waals surface area (Å²) in [5.74, 6) is -1.83. The van der Waals surface area contributed by atoms with E-state index in [4.69, 9.17) is 9.47 Å². The van der Waals surface area contributed by atoms with Crippen LogP contribution in [0.4, 0.5) is 5.69 Å². The molecule has 1 fully saturated rings. The Morgan fingerprint density at radius 1 is 0.972 bits per heavy atom. The van der Waals surface area contributed by atoms with Gasteiger partial charge >= 0.3 is 5.97 Å². The number of aryl methyl sites for hydroxylation is 1. The van der Waals surface area contributed by atoms with Crippen molar-refractivity contribution in [1.82, 2.24) is 0 Å². The van der Waals surface area contributed by atoms with Crippen molar-refractivity contribution in [2.75, 3.05) is 19.1 Å². The van der Waals surface area contributed by atoms with Crippen molar-refractivity contribution in [3.05, 3.63) is 99.0 Å². The summed E-state index contributed by atoms with van der Waals surface area (Å²) in [7, 11) is 2.81. The summed E-state index contributed by atoms with van der Waals surface area (Å²) in [6.07, 6.45) is 0.829. The van der Waals surface area contributed by atoms with Crippen LogP contribution in [0.3, 0.4) is 0 Å². The van der Waals surface area contributed by atoms with E-state index in [0.717, 1.165) is 12.0 Å². The van der Waals surface area contributed by atoms with Crippen LogP contribution in [0.5, 0.6) is 5.75 Å². The van der Waals surface area contributed by atoms with E-state index in [-0.39, 0.29) is 11.3 Å². The maximum Gasteiger partial charge on any atom is 0.337 e. The number of hydrogen-bond acceptors (Lipinski definition) is 6. The molecular weight excluding hydrogens is 526 g/mol. The predicted molar refractivity (Wildman–Crippen MR) is 139 cm³/mol. The number of nitrogens with zero attached hydrogens (tertiary/aromatic N) is 1. The molecule has 1 heterocycles. The first-order valence-corrected chi connectivity index (χ1v) is 12.0. The number of benzene rings is 3. The molecule has 0 bridgehead atoms. The molecule has 1 amide bonds. The second-order valence-electron chi connectivity index (χ2n) is 8.15. The fraction of sp³-hybridized carbons (Fsp3) is 0.179. The zero-order chi connectivity index (χ0) is 26.0. The number of amides is 1. The number of carbonyl (C=O) groups excluding carboxylic acids is 3. The van der Waals surface area contributed by atoms with Crippen LogP contribution in [0, 0.1) is 0 Å². The number of hydrogen-bond donors (Lipinski definition) is 1. The normalized spacial score (nSPS) is 16.8. The summed E-state index contributed by atoms with van der Waals surface area (Å²) < 4.78 is 10.6. The lowest BCUT2D eigenvalue weighted by Crippen LogP contribution is -2.29. The molecule has 3 aromatic rings. The Morgan fingerprint density at radius 2 is 1.61 bits per heavy atom. The smallest absolute Gasteiger partial charge is 0.337 e. The molecule has 1 aliphatic rings. The molecule has 3 aromatic carbocycles. The van der Waals surface area contributed by atoms with E-state index in [9.17, 15) is 19.5 Å². The van der Waals surface area contributed by atoms with E-state index in [0.29, 0.717) is 32.6 Å². The van der Waals surface area contributed by atoms with Gasteiger partial charge in [0.05, 0.1) is 35.9 Å². The van der Waals surface area contributed by atoms with Gasteiger partial charge in [0, 0.05) is 11.3 Å². The Morgan fingerprint density at radius 3 is 2.17 bits per heavy atom. The summed E-state index contributed by atoms with van der Waals surface area (Å²) in [5, 5.41) is 11.3. The molecule has 1 aliphatic heterocycles. The van der Waals surface area contributed by atoms with E-state index >= 15 is 0 Å². The second-order valence-corrected chi connectivity index (χ2v) is 9.01. The number of anilines is 1. The van der Waals surface area contributed by atoms with Crippen molar-refractivity contribution in [1.29, 1.82) is 0 Å². The van der Waals surface area contributed by atoms with Crippen molar-refractivity contribution in [3.63, 3.8) is 0 Å². The molecule has 0 spiro atoms. The number of carbonyl (C=O) groups is 3. The average Bonchev–Trinajstić information content (AvgIpc) is 3.17. The molecule has 7 nitrogen and oxygen atoms in total. The van der Waals surface area contributed by atoms with Crippen LogP contribution < -0.4 is 9.64 Å². The Kier molecular flexibility index (Phi) is 7.26. The van der Waals surface area contributed by atoms with E-state index in [1.165, 1.54) is 31.3 Å². The highest BCUT2D eigenvalue weighted by Crippen LogP contribution is 2.43. The average molecular weight is 550 g/mol. The Hall–Kier alpha value is -3.91. The molecule has 1 atom stereocenters. The Labute approximate surface area is 217 Å². The number of methoxy groups -OCH3 is 2. The lowest BCUT2D eigenvalue weighted by molar-refractivity contribution is -0.132. The minimum absolute atomic E-state index is 0.0293. The van der Waals surface area contributed by atoms with Crippen LogP contribution in [-0.4, -0.2) is 37.0 Å². The van der Waals surface area contributed by atoms with Gasteiger partial charge in [0.1, 0.15) is 11.5 Å². The van der Waals surface area contributed by atoms with E-state index in [1.807, 2.05) is 31.2 Å². The van der Waals surface area contributed by atoms with Gasteiger partial charge in [-0.2, -0.15) is 0 Å². The minimum Gasteiger partial charge on any atom is -0.507 e. The number of rotatable bonds is 6. The Bertz CT molecular complexity index is 1360. The molecule has 1 N–H and O–H groups in total. The zero-order valence-electron chi connectivity index (χ0n) is 19.9. The first-order chi connectivity index (χ1) is 17.3. The van der Waals surface area contributed by atoms with Gasteiger partial charge in [-0.05, 0) is 75.9 Å². The highest BCUT2D eigenvalue weighted by atomic mass is 79.9. The highest BCUT2D eigenvalue weighted by Gasteiger charge is 2.47. The number of aliphatic hydroxyl groups excluding tert-OH is 1. The van der Waals surface area contributed by atoms with Crippen LogP contribution >= 0.6 is 15.9 Å².